The first-order chi connectivity index (χ1) is 22.3. The van der Waals surface area contributed by atoms with Gasteiger partial charge in [-0.25, -0.2) is 4.79 Å². The number of carbonyl (C=O) groups excluding carboxylic acids is 5. The SMILES string of the molecule is Cc1cccc(C(OC(=O)NS[C@@H](CC2CCCCC2)C(=O)N[C@@H](C[C@@H]2CCNC2=O)C(=O)C(N)=O)C(C)(C)c2cccc(Cl)c2)c1. The first-order valence-electron chi connectivity index (χ1n) is 16.2. The number of Topliss-reactive ketones (excluding diaryl/α,β-unsaturated/α-hetero) is 1. The highest BCUT2D eigenvalue weighted by atomic mass is 35.5. The van der Waals surface area contributed by atoms with Crippen LogP contribution in [-0.2, 0) is 29.3 Å². The minimum absolute atomic E-state index is 0.0353. The lowest BCUT2D eigenvalue weighted by molar-refractivity contribution is -0.139. The Morgan fingerprint density at radius 2 is 1.77 bits per heavy atom. The van der Waals surface area contributed by atoms with Gasteiger partial charge >= 0.3 is 6.09 Å². The molecule has 1 unspecified atom stereocenters. The smallest absolute Gasteiger partial charge is 0.417 e. The lowest BCUT2D eigenvalue weighted by Crippen LogP contribution is -2.50. The summed E-state index contributed by atoms with van der Waals surface area (Å²) in [6.45, 7) is 6.38. The minimum Gasteiger partial charge on any atom is -0.440 e. The lowest BCUT2D eigenvalue weighted by Gasteiger charge is -2.35. The molecule has 5 N–H and O–H groups in total. The first-order valence-corrected chi connectivity index (χ1v) is 17.5. The fourth-order valence-corrected chi connectivity index (χ4v) is 7.53. The predicted molar refractivity (Wildman–Crippen MR) is 182 cm³/mol. The van der Waals surface area contributed by atoms with Gasteiger partial charge in [-0.15, -0.1) is 0 Å². The van der Waals surface area contributed by atoms with Gasteiger partial charge in [0.05, 0.1) is 6.04 Å². The van der Waals surface area contributed by atoms with Crippen LogP contribution in [0.4, 0.5) is 4.79 Å². The summed E-state index contributed by atoms with van der Waals surface area (Å²) >= 11 is 7.25. The maximum absolute atomic E-state index is 13.7. The number of hydrogen-bond acceptors (Lipinski definition) is 7. The van der Waals surface area contributed by atoms with Crippen molar-refractivity contribution in [2.45, 2.75) is 94.9 Å². The van der Waals surface area contributed by atoms with E-state index < -0.39 is 52.4 Å². The Bertz CT molecular complexity index is 1460. The van der Waals surface area contributed by atoms with E-state index in [4.69, 9.17) is 22.1 Å². The normalized spacial score (nSPS) is 18.8. The second-order valence-corrected chi connectivity index (χ2v) is 14.6. The number of nitrogens with one attached hydrogen (secondary N) is 3. The molecule has 12 heteroatoms. The Kier molecular flexibility index (Phi) is 12.7. The van der Waals surface area contributed by atoms with Gasteiger partial charge < -0.3 is 21.1 Å². The third-order valence-corrected chi connectivity index (χ3v) is 10.4. The van der Waals surface area contributed by atoms with Crippen molar-refractivity contribution >= 4 is 53.1 Å². The van der Waals surface area contributed by atoms with E-state index in [0.29, 0.717) is 24.4 Å². The number of ether oxygens (including phenoxy) is 1. The number of rotatable bonds is 14. The molecule has 4 rings (SSSR count). The molecular formula is C35H45ClN4O6S. The summed E-state index contributed by atoms with van der Waals surface area (Å²) in [7, 11) is 0. The second-order valence-electron chi connectivity index (χ2n) is 13.2. The first kappa shape index (κ1) is 36.3. The molecule has 0 spiro atoms. The van der Waals surface area contributed by atoms with Gasteiger partial charge in [0.25, 0.3) is 5.91 Å². The van der Waals surface area contributed by atoms with E-state index in [2.05, 4.69) is 15.4 Å². The molecule has 2 fully saturated rings. The van der Waals surface area contributed by atoms with Crippen molar-refractivity contribution in [2.75, 3.05) is 6.54 Å². The number of hydrogen-bond donors (Lipinski definition) is 4. The number of primary amides is 1. The van der Waals surface area contributed by atoms with E-state index >= 15 is 0 Å². The van der Waals surface area contributed by atoms with Crippen LogP contribution >= 0.6 is 23.5 Å². The Morgan fingerprint density at radius 1 is 1.04 bits per heavy atom. The van der Waals surface area contributed by atoms with Gasteiger partial charge in [-0.05, 0) is 67.3 Å². The molecule has 4 amide bonds. The monoisotopic (exact) mass is 684 g/mol. The Hall–Kier alpha value is -3.57. The zero-order chi connectivity index (χ0) is 34.1. The van der Waals surface area contributed by atoms with Crippen molar-refractivity contribution in [3.63, 3.8) is 0 Å². The molecule has 2 aromatic carbocycles. The maximum Gasteiger partial charge on any atom is 0.417 e. The van der Waals surface area contributed by atoms with Crippen LogP contribution in [-0.4, -0.2) is 47.4 Å². The van der Waals surface area contributed by atoms with Crippen LogP contribution < -0.4 is 21.1 Å². The molecule has 1 saturated heterocycles. The predicted octanol–water partition coefficient (Wildman–Crippen LogP) is 5.45. The minimum atomic E-state index is -1.25. The molecule has 254 valence electrons. The van der Waals surface area contributed by atoms with E-state index in [1.165, 1.54) is 0 Å². The summed E-state index contributed by atoms with van der Waals surface area (Å²) in [6, 6.07) is 13.9. The van der Waals surface area contributed by atoms with Gasteiger partial charge in [-0.2, -0.15) is 0 Å². The molecule has 0 aromatic heterocycles. The summed E-state index contributed by atoms with van der Waals surface area (Å²) in [5, 5.41) is 5.18. The van der Waals surface area contributed by atoms with Crippen molar-refractivity contribution in [3.05, 3.63) is 70.2 Å². The van der Waals surface area contributed by atoms with Gasteiger partial charge in [0.15, 0.2) is 0 Å². The summed E-state index contributed by atoms with van der Waals surface area (Å²) in [5.74, 6) is -3.18. The summed E-state index contributed by atoms with van der Waals surface area (Å²) < 4.78 is 8.85. The summed E-state index contributed by atoms with van der Waals surface area (Å²) in [6.07, 6.45) is 4.59. The average Bonchev–Trinajstić information content (AvgIpc) is 3.45. The van der Waals surface area contributed by atoms with Gasteiger partial charge in [-0.1, -0.05) is 99.5 Å². The lowest BCUT2D eigenvalue weighted by atomic mass is 9.76. The number of ketones is 1. The third kappa shape index (κ3) is 9.96. The highest BCUT2D eigenvalue weighted by Gasteiger charge is 2.38. The standard InChI is InChI=1S/C35H45ClN4O6S/c1-21-9-7-12-23(17-21)30(35(2,3)25-13-8-14-26(36)20-25)46-34(45)40-47-28(18-22-10-5-4-6-11-22)33(44)39-27(29(41)31(37)42)19-24-15-16-38-32(24)43/h7-9,12-14,17,20,22,24,27-28,30H,4-6,10-11,15-16,18-19H2,1-3H3,(H2,37,42)(H,38,43)(H,39,44)(H,40,45)/t24-,27-,28-,30?/m0/s1. The topological polar surface area (TPSA) is 157 Å². The molecule has 1 heterocycles. The molecule has 1 saturated carbocycles. The van der Waals surface area contributed by atoms with Gasteiger partial charge in [0.2, 0.25) is 17.6 Å². The summed E-state index contributed by atoms with van der Waals surface area (Å²) in [5.41, 5.74) is 7.31. The maximum atomic E-state index is 13.7. The second kappa shape index (κ2) is 16.5. The van der Waals surface area contributed by atoms with E-state index in [0.717, 1.165) is 60.7 Å². The van der Waals surface area contributed by atoms with Crippen LogP contribution in [0.3, 0.4) is 0 Å². The van der Waals surface area contributed by atoms with Crippen LogP contribution in [0.5, 0.6) is 0 Å². The molecule has 1 aliphatic carbocycles. The molecule has 10 nitrogen and oxygen atoms in total. The van der Waals surface area contributed by atoms with Crippen molar-refractivity contribution in [2.24, 2.45) is 17.6 Å². The van der Waals surface area contributed by atoms with Crippen molar-refractivity contribution in [1.29, 1.82) is 0 Å². The highest BCUT2D eigenvalue weighted by Crippen LogP contribution is 2.41. The van der Waals surface area contributed by atoms with Crippen LogP contribution in [0.25, 0.3) is 0 Å². The largest absolute Gasteiger partial charge is 0.440 e. The molecule has 2 aliphatic rings. The Balaban J connectivity index is 1.52. The zero-order valence-corrected chi connectivity index (χ0v) is 28.8. The van der Waals surface area contributed by atoms with Gasteiger partial charge in [0, 0.05) is 22.9 Å². The number of halogens is 1. The molecule has 2 aromatic rings. The molecule has 0 bridgehead atoms. The van der Waals surface area contributed by atoms with Crippen LogP contribution in [0.1, 0.15) is 88.0 Å². The molecule has 1 aliphatic heterocycles. The zero-order valence-electron chi connectivity index (χ0n) is 27.2. The Labute approximate surface area is 285 Å². The van der Waals surface area contributed by atoms with E-state index in [1.807, 2.05) is 63.2 Å². The highest BCUT2D eigenvalue weighted by molar-refractivity contribution is 7.99. The number of nitrogens with two attached hydrogens (primary N) is 1. The van der Waals surface area contributed by atoms with Crippen molar-refractivity contribution < 1.29 is 28.7 Å². The molecule has 47 heavy (non-hydrogen) atoms. The molecule has 4 atom stereocenters. The van der Waals surface area contributed by atoms with E-state index in [1.54, 1.807) is 6.07 Å². The van der Waals surface area contributed by atoms with Gasteiger partial charge in [-0.3, -0.25) is 23.9 Å². The van der Waals surface area contributed by atoms with Crippen LogP contribution in [0.2, 0.25) is 5.02 Å². The van der Waals surface area contributed by atoms with Crippen LogP contribution in [0, 0.1) is 18.8 Å². The molecule has 0 radical (unpaired) electrons. The Morgan fingerprint density at radius 3 is 2.40 bits per heavy atom. The third-order valence-electron chi connectivity index (χ3n) is 9.20. The number of carbonyl (C=O) groups is 5. The number of aryl methyl sites for hydroxylation is 1. The van der Waals surface area contributed by atoms with Crippen molar-refractivity contribution in [3.8, 4) is 0 Å². The number of amides is 4. The molecular weight excluding hydrogens is 640 g/mol. The average molecular weight is 685 g/mol. The van der Waals surface area contributed by atoms with Gasteiger partial charge in [0.1, 0.15) is 11.4 Å². The van der Waals surface area contributed by atoms with E-state index in [-0.39, 0.29) is 18.2 Å². The fraction of sp³-hybridized carbons (Fsp3) is 0.514. The van der Waals surface area contributed by atoms with E-state index in [9.17, 15) is 24.0 Å². The van der Waals surface area contributed by atoms with Crippen LogP contribution in [0.15, 0.2) is 48.5 Å². The fourth-order valence-electron chi connectivity index (χ4n) is 6.51. The number of benzene rings is 2. The van der Waals surface area contributed by atoms with Crippen molar-refractivity contribution in [1.82, 2.24) is 15.4 Å². The quantitative estimate of drug-likeness (QED) is 0.152. The summed E-state index contributed by atoms with van der Waals surface area (Å²) in [4.78, 5) is 64.0.